The zero-order chi connectivity index (χ0) is 14.3. The molecule has 0 radical (unpaired) electrons. The minimum absolute atomic E-state index is 0.0684. The van der Waals surface area contributed by atoms with Crippen molar-refractivity contribution < 1.29 is 21.7 Å². The zero-order valence-electron chi connectivity index (χ0n) is 10.8. The van der Waals surface area contributed by atoms with E-state index < -0.39 is 16.2 Å². The molecule has 5 nitrogen and oxygen atoms in total. The number of hydrogen-bond donors (Lipinski definition) is 1. The van der Waals surface area contributed by atoms with Crippen LogP contribution in [0.3, 0.4) is 0 Å². The van der Waals surface area contributed by atoms with Crippen LogP contribution in [0.1, 0.15) is 11.1 Å². The lowest BCUT2D eigenvalue weighted by molar-refractivity contribution is 0.153. The predicted molar refractivity (Wildman–Crippen MR) is 72.8 cm³/mol. The maximum Gasteiger partial charge on any atom is 0.264 e. The first-order valence-corrected chi connectivity index (χ1v) is 8.02. The number of rotatable bonds is 3. The molecule has 7 heteroatoms. The van der Waals surface area contributed by atoms with E-state index in [0.29, 0.717) is 30.0 Å². The number of halogens is 1. The van der Waals surface area contributed by atoms with Gasteiger partial charge >= 0.3 is 0 Å². The number of hydrogen-bond acceptors (Lipinski definition) is 5. The first kappa shape index (κ1) is 13.4. The van der Waals surface area contributed by atoms with E-state index in [1.807, 2.05) is 12.2 Å². The largest absolute Gasteiger partial charge is 0.487 e. The summed E-state index contributed by atoms with van der Waals surface area (Å²) < 4.78 is 46.4. The molecule has 0 saturated carbocycles. The average molecular weight is 299 g/mol. The summed E-state index contributed by atoms with van der Waals surface area (Å²) in [4.78, 5) is 0. The van der Waals surface area contributed by atoms with Crippen molar-refractivity contribution in [3.63, 3.8) is 0 Å². The molecule has 1 unspecified atom stereocenters. The second-order valence-electron chi connectivity index (χ2n) is 4.85. The molecule has 1 aromatic carbocycles. The summed E-state index contributed by atoms with van der Waals surface area (Å²) in [6.45, 7) is 0.504. The minimum atomic E-state index is -3.50. The van der Waals surface area contributed by atoms with Crippen LogP contribution in [-0.4, -0.2) is 33.9 Å². The van der Waals surface area contributed by atoms with Crippen molar-refractivity contribution in [2.45, 2.75) is 12.5 Å². The highest BCUT2D eigenvalue weighted by Crippen LogP contribution is 2.40. The van der Waals surface area contributed by atoms with Crippen LogP contribution in [0.15, 0.2) is 12.1 Å². The normalized spacial score (nSPS) is 20.0. The lowest BCUT2D eigenvalue weighted by Crippen LogP contribution is -2.22. The lowest BCUT2D eigenvalue weighted by Gasteiger charge is -2.17. The van der Waals surface area contributed by atoms with Crippen LogP contribution in [0.5, 0.6) is 5.75 Å². The van der Waals surface area contributed by atoms with Crippen LogP contribution in [0, 0.1) is 5.82 Å². The minimum Gasteiger partial charge on any atom is -0.487 e. The standard InChI is InChI=1S/C13H14FNO4S/c1-20(16,17)18-7-9-5-8-6-11(14)12-10(13(8)19-9)3-2-4-15-12/h2-3,6,9,15H,4-5,7H2,1H3. The highest BCUT2D eigenvalue weighted by atomic mass is 32.2. The van der Waals surface area contributed by atoms with Crippen molar-refractivity contribution in [1.29, 1.82) is 0 Å². The summed E-state index contributed by atoms with van der Waals surface area (Å²) in [5.74, 6) is 0.281. The van der Waals surface area contributed by atoms with E-state index in [4.69, 9.17) is 8.92 Å². The molecule has 2 heterocycles. The van der Waals surface area contributed by atoms with Crippen molar-refractivity contribution in [3.05, 3.63) is 29.1 Å². The Morgan fingerprint density at radius 1 is 1.55 bits per heavy atom. The quantitative estimate of drug-likeness (QED) is 0.858. The van der Waals surface area contributed by atoms with Crippen molar-refractivity contribution in [2.24, 2.45) is 0 Å². The third kappa shape index (κ3) is 2.51. The molecule has 20 heavy (non-hydrogen) atoms. The number of benzene rings is 1. The first-order chi connectivity index (χ1) is 9.44. The lowest BCUT2D eigenvalue weighted by atomic mass is 10.0. The third-order valence-electron chi connectivity index (χ3n) is 3.23. The van der Waals surface area contributed by atoms with Gasteiger partial charge in [-0.25, -0.2) is 4.39 Å². The van der Waals surface area contributed by atoms with Crippen LogP contribution in [0.4, 0.5) is 10.1 Å². The fourth-order valence-electron chi connectivity index (χ4n) is 2.42. The van der Waals surface area contributed by atoms with Gasteiger partial charge in [-0.15, -0.1) is 0 Å². The fourth-order valence-corrected chi connectivity index (χ4v) is 2.82. The second-order valence-corrected chi connectivity index (χ2v) is 6.50. The molecular formula is C13H14FNO4S. The molecule has 1 N–H and O–H groups in total. The summed E-state index contributed by atoms with van der Waals surface area (Å²) in [7, 11) is -3.50. The second kappa shape index (κ2) is 4.75. The molecule has 0 aromatic heterocycles. The van der Waals surface area contributed by atoms with E-state index in [0.717, 1.165) is 11.8 Å². The maximum absolute atomic E-state index is 13.9. The van der Waals surface area contributed by atoms with E-state index >= 15 is 0 Å². The van der Waals surface area contributed by atoms with E-state index in [1.165, 1.54) is 6.07 Å². The van der Waals surface area contributed by atoms with Crippen molar-refractivity contribution >= 4 is 21.9 Å². The van der Waals surface area contributed by atoms with Crippen LogP contribution < -0.4 is 10.1 Å². The van der Waals surface area contributed by atoms with E-state index in [1.54, 1.807) is 0 Å². The van der Waals surface area contributed by atoms with Crippen LogP contribution >= 0.6 is 0 Å². The molecule has 0 amide bonds. The van der Waals surface area contributed by atoms with Gasteiger partial charge in [0, 0.05) is 24.1 Å². The smallest absolute Gasteiger partial charge is 0.264 e. The Morgan fingerprint density at radius 2 is 2.35 bits per heavy atom. The molecule has 0 spiro atoms. The maximum atomic E-state index is 13.9. The molecule has 2 aliphatic rings. The monoisotopic (exact) mass is 299 g/mol. The average Bonchev–Trinajstić information content (AvgIpc) is 2.79. The summed E-state index contributed by atoms with van der Waals surface area (Å²) >= 11 is 0. The molecule has 0 saturated heterocycles. The van der Waals surface area contributed by atoms with Crippen molar-refractivity contribution in [1.82, 2.24) is 0 Å². The molecule has 0 fully saturated rings. The van der Waals surface area contributed by atoms with Crippen LogP contribution in [-0.2, 0) is 20.7 Å². The molecule has 108 valence electrons. The number of fused-ring (bicyclic) bond motifs is 3. The summed E-state index contributed by atoms with van der Waals surface area (Å²) in [5, 5.41) is 2.96. The van der Waals surface area contributed by atoms with Crippen molar-refractivity contribution in [2.75, 3.05) is 24.7 Å². The Morgan fingerprint density at radius 3 is 3.10 bits per heavy atom. The van der Waals surface area contributed by atoms with Crippen molar-refractivity contribution in [3.8, 4) is 5.75 Å². The Balaban J connectivity index is 1.86. The van der Waals surface area contributed by atoms with E-state index in [-0.39, 0.29) is 12.4 Å². The zero-order valence-corrected chi connectivity index (χ0v) is 11.7. The van der Waals surface area contributed by atoms with Crippen LogP contribution in [0.2, 0.25) is 0 Å². The summed E-state index contributed by atoms with van der Waals surface area (Å²) in [5.41, 5.74) is 1.83. The first-order valence-electron chi connectivity index (χ1n) is 6.21. The van der Waals surface area contributed by atoms with Gasteiger partial charge in [0.15, 0.2) is 0 Å². The predicted octanol–water partition coefficient (Wildman–Crippen LogP) is 1.54. The number of anilines is 1. The van der Waals surface area contributed by atoms with Gasteiger partial charge in [0.25, 0.3) is 10.1 Å². The fraction of sp³-hybridized carbons (Fsp3) is 0.385. The number of nitrogens with one attached hydrogen (secondary N) is 1. The van der Waals surface area contributed by atoms with Gasteiger partial charge < -0.3 is 10.1 Å². The third-order valence-corrected chi connectivity index (χ3v) is 3.79. The van der Waals surface area contributed by atoms with Crippen LogP contribution in [0.25, 0.3) is 6.08 Å². The van der Waals surface area contributed by atoms with Gasteiger partial charge in [-0.3, -0.25) is 4.18 Å². The number of ether oxygens (including phenoxy) is 1. The van der Waals surface area contributed by atoms with Gasteiger partial charge in [0.05, 0.1) is 11.9 Å². The summed E-state index contributed by atoms with van der Waals surface area (Å²) in [6.07, 6.45) is 4.70. The van der Waals surface area contributed by atoms with Gasteiger partial charge in [0.1, 0.15) is 24.3 Å². The summed E-state index contributed by atoms with van der Waals surface area (Å²) in [6, 6.07) is 1.43. The van der Waals surface area contributed by atoms with Gasteiger partial charge in [0.2, 0.25) is 0 Å². The highest BCUT2D eigenvalue weighted by molar-refractivity contribution is 7.85. The van der Waals surface area contributed by atoms with Gasteiger partial charge in [-0.05, 0) is 6.07 Å². The Bertz CT molecular complexity index is 684. The Hall–Kier alpha value is -1.60. The molecule has 3 rings (SSSR count). The molecular weight excluding hydrogens is 285 g/mol. The Labute approximate surface area is 116 Å². The molecule has 0 aliphatic carbocycles. The molecule has 1 aromatic rings. The molecule has 2 aliphatic heterocycles. The highest BCUT2D eigenvalue weighted by Gasteiger charge is 2.29. The topological polar surface area (TPSA) is 64.6 Å². The van der Waals surface area contributed by atoms with E-state index in [2.05, 4.69) is 5.32 Å². The van der Waals surface area contributed by atoms with Gasteiger partial charge in [-0.1, -0.05) is 12.2 Å². The molecule has 0 bridgehead atoms. The Kier molecular flexibility index (Phi) is 3.18. The van der Waals surface area contributed by atoms with Gasteiger partial charge in [-0.2, -0.15) is 8.42 Å². The molecule has 1 atom stereocenters. The SMILES string of the molecule is CS(=O)(=O)OCC1Cc2cc(F)c3c(c2O1)C=CCN3. The van der Waals surface area contributed by atoms with E-state index in [9.17, 15) is 12.8 Å².